The van der Waals surface area contributed by atoms with E-state index in [4.69, 9.17) is 5.11 Å². The van der Waals surface area contributed by atoms with Crippen LogP contribution in [0.1, 0.15) is 12.8 Å². The molecule has 1 N–H and O–H groups in total. The molecule has 0 spiro atoms. The van der Waals surface area contributed by atoms with Gasteiger partial charge in [-0.3, -0.25) is 9.69 Å². The summed E-state index contributed by atoms with van der Waals surface area (Å²) >= 11 is 1.59. The van der Waals surface area contributed by atoms with Crippen LogP contribution < -0.4 is 0 Å². The van der Waals surface area contributed by atoms with Crippen molar-refractivity contribution < 1.29 is 9.90 Å². The molecule has 0 aromatic heterocycles. The van der Waals surface area contributed by atoms with E-state index in [1.54, 1.807) is 11.8 Å². The Balaban J connectivity index is 2.15. The van der Waals surface area contributed by atoms with Gasteiger partial charge in [0.15, 0.2) is 0 Å². The van der Waals surface area contributed by atoms with Gasteiger partial charge in [0.25, 0.3) is 0 Å². The van der Waals surface area contributed by atoms with Crippen LogP contribution in [0.2, 0.25) is 0 Å². The lowest BCUT2D eigenvalue weighted by Crippen LogP contribution is -2.49. The van der Waals surface area contributed by atoms with E-state index in [1.165, 1.54) is 0 Å². The summed E-state index contributed by atoms with van der Waals surface area (Å²) in [5.41, 5.74) is 0. The van der Waals surface area contributed by atoms with Crippen LogP contribution in [0, 0.1) is 0 Å². The molecule has 1 saturated heterocycles. The Hall–Kier alpha value is -0.260. The van der Waals surface area contributed by atoms with Gasteiger partial charge in [-0.05, 0) is 25.6 Å². The first-order valence-corrected chi connectivity index (χ1v) is 7.27. The first-order chi connectivity index (χ1) is 7.77. The third-order valence-electron chi connectivity index (χ3n) is 2.88. The second-order valence-corrected chi connectivity index (χ2v) is 4.95. The van der Waals surface area contributed by atoms with Crippen molar-refractivity contribution in [3.05, 3.63) is 0 Å². The molecule has 0 radical (unpaired) electrons. The summed E-state index contributed by atoms with van der Waals surface area (Å²) in [6.07, 6.45) is 3.89. The zero-order valence-corrected chi connectivity index (χ0v) is 10.8. The fourth-order valence-corrected chi connectivity index (χ4v) is 2.31. The number of carbonyl (C=O) groups excluding carboxylic acids is 1. The van der Waals surface area contributed by atoms with Crippen LogP contribution in [0.4, 0.5) is 0 Å². The van der Waals surface area contributed by atoms with Crippen molar-refractivity contribution in [2.45, 2.75) is 12.8 Å². The maximum absolute atomic E-state index is 11.6. The van der Waals surface area contributed by atoms with Crippen molar-refractivity contribution in [2.75, 3.05) is 51.3 Å². The van der Waals surface area contributed by atoms with E-state index in [-0.39, 0.29) is 12.5 Å². The van der Waals surface area contributed by atoms with Crippen LogP contribution in [0.3, 0.4) is 0 Å². The predicted molar refractivity (Wildman–Crippen MR) is 67.7 cm³/mol. The average molecular weight is 246 g/mol. The molecule has 4 nitrogen and oxygen atoms in total. The van der Waals surface area contributed by atoms with E-state index in [9.17, 15) is 4.79 Å². The molecular weight excluding hydrogens is 224 g/mol. The highest BCUT2D eigenvalue weighted by Gasteiger charge is 2.19. The van der Waals surface area contributed by atoms with Gasteiger partial charge >= 0.3 is 0 Å². The summed E-state index contributed by atoms with van der Waals surface area (Å²) in [7, 11) is 0. The van der Waals surface area contributed by atoms with Crippen LogP contribution in [0.15, 0.2) is 0 Å². The van der Waals surface area contributed by atoms with Crippen molar-refractivity contribution in [3.8, 4) is 0 Å². The van der Waals surface area contributed by atoms with Crippen molar-refractivity contribution in [1.82, 2.24) is 9.80 Å². The summed E-state index contributed by atoms with van der Waals surface area (Å²) < 4.78 is 0. The van der Waals surface area contributed by atoms with Gasteiger partial charge in [0.05, 0.1) is 5.75 Å². The van der Waals surface area contributed by atoms with Crippen molar-refractivity contribution >= 4 is 17.7 Å². The van der Waals surface area contributed by atoms with Crippen molar-refractivity contribution in [1.29, 1.82) is 0 Å². The van der Waals surface area contributed by atoms with Gasteiger partial charge in [-0.15, -0.1) is 0 Å². The summed E-state index contributed by atoms with van der Waals surface area (Å²) in [5.74, 6) is 0.868. The Bertz CT molecular complexity index is 206. The number of unbranched alkanes of at least 4 members (excludes halogenated alkanes) is 1. The molecule has 0 saturated carbocycles. The molecule has 0 aromatic carbocycles. The van der Waals surface area contributed by atoms with E-state index in [2.05, 4.69) is 4.90 Å². The number of rotatable bonds is 6. The Morgan fingerprint density at radius 3 is 2.50 bits per heavy atom. The zero-order chi connectivity index (χ0) is 11.8. The molecule has 1 heterocycles. The molecule has 0 bridgehead atoms. The largest absolute Gasteiger partial charge is 0.396 e. The van der Waals surface area contributed by atoms with E-state index in [0.717, 1.165) is 45.6 Å². The molecule has 1 rings (SSSR count). The van der Waals surface area contributed by atoms with Gasteiger partial charge in [-0.25, -0.2) is 0 Å². The third kappa shape index (κ3) is 4.72. The highest BCUT2D eigenvalue weighted by molar-refractivity contribution is 7.99. The molecule has 0 unspecified atom stereocenters. The van der Waals surface area contributed by atoms with Crippen LogP contribution in [-0.2, 0) is 4.79 Å². The van der Waals surface area contributed by atoms with Gasteiger partial charge in [0.2, 0.25) is 5.91 Å². The van der Waals surface area contributed by atoms with E-state index in [0.29, 0.717) is 5.75 Å². The fraction of sp³-hybridized carbons (Fsp3) is 0.909. The van der Waals surface area contributed by atoms with Crippen LogP contribution >= 0.6 is 11.8 Å². The minimum Gasteiger partial charge on any atom is -0.396 e. The van der Waals surface area contributed by atoms with Gasteiger partial charge in [0.1, 0.15) is 0 Å². The van der Waals surface area contributed by atoms with E-state index < -0.39 is 0 Å². The molecular formula is C11H22N2O2S. The molecule has 0 aliphatic carbocycles. The normalized spacial score (nSPS) is 17.8. The third-order valence-corrected chi connectivity index (χ3v) is 3.41. The number of piperazine rings is 1. The van der Waals surface area contributed by atoms with Gasteiger partial charge in [0, 0.05) is 32.8 Å². The van der Waals surface area contributed by atoms with Crippen molar-refractivity contribution in [2.24, 2.45) is 0 Å². The lowest BCUT2D eigenvalue weighted by molar-refractivity contribution is -0.130. The van der Waals surface area contributed by atoms with Crippen LogP contribution in [0.5, 0.6) is 0 Å². The maximum Gasteiger partial charge on any atom is 0.232 e. The minimum atomic E-state index is 0.266. The number of thioether (sulfide) groups is 1. The Labute approximate surface area is 102 Å². The number of aliphatic hydroxyl groups excluding tert-OH is 1. The second-order valence-electron chi connectivity index (χ2n) is 4.09. The molecule has 1 amide bonds. The lowest BCUT2D eigenvalue weighted by Gasteiger charge is -2.34. The average Bonchev–Trinajstić information content (AvgIpc) is 2.30. The van der Waals surface area contributed by atoms with Crippen molar-refractivity contribution in [3.63, 3.8) is 0 Å². The highest BCUT2D eigenvalue weighted by atomic mass is 32.2. The number of carbonyl (C=O) groups is 1. The number of hydrogen-bond donors (Lipinski definition) is 1. The molecule has 5 heteroatoms. The first kappa shape index (κ1) is 13.8. The summed E-state index contributed by atoms with van der Waals surface area (Å²) in [4.78, 5) is 15.9. The highest BCUT2D eigenvalue weighted by Crippen LogP contribution is 2.05. The SMILES string of the molecule is CSCC(=O)N1CCN(CCCCO)CC1. The summed E-state index contributed by atoms with van der Waals surface area (Å²) in [5, 5.41) is 8.70. The second kappa shape index (κ2) is 7.92. The predicted octanol–water partition coefficient (Wildman–Crippen LogP) is 0.266. The standard InChI is InChI=1S/C11H22N2O2S/c1-16-10-11(15)13-7-5-12(6-8-13)4-2-3-9-14/h14H,2-10H2,1H3. The number of aliphatic hydroxyl groups is 1. The fourth-order valence-electron chi connectivity index (χ4n) is 1.88. The van der Waals surface area contributed by atoms with E-state index in [1.807, 2.05) is 11.2 Å². The Kier molecular flexibility index (Phi) is 6.84. The summed E-state index contributed by atoms with van der Waals surface area (Å²) in [6, 6.07) is 0. The number of amides is 1. The minimum absolute atomic E-state index is 0.266. The molecule has 0 aromatic rings. The lowest BCUT2D eigenvalue weighted by atomic mass is 10.2. The van der Waals surface area contributed by atoms with Gasteiger partial charge in [-0.2, -0.15) is 11.8 Å². The zero-order valence-electron chi connectivity index (χ0n) is 10.0. The van der Waals surface area contributed by atoms with Crippen LogP contribution in [0.25, 0.3) is 0 Å². The monoisotopic (exact) mass is 246 g/mol. The van der Waals surface area contributed by atoms with Gasteiger partial charge in [-0.1, -0.05) is 0 Å². The number of hydrogen-bond acceptors (Lipinski definition) is 4. The molecule has 0 atom stereocenters. The molecule has 1 aliphatic rings. The quantitative estimate of drug-likeness (QED) is 0.683. The number of nitrogens with zero attached hydrogens (tertiary/aromatic N) is 2. The topological polar surface area (TPSA) is 43.8 Å². The molecule has 94 valence electrons. The molecule has 16 heavy (non-hydrogen) atoms. The maximum atomic E-state index is 11.6. The summed E-state index contributed by atoms with van der Waals surface area (Å²) in [6.45, 7) is 5.01. The van der Waals surface area contributed by atoms with Crippen LogP contribution in [-0.4, -0.2) is 72.2 Å². The Morgan fingerprint density at radius 2 is 1.94 bits per heavy atom. The van der Waals surface area contributed by atoms with Gasteiger partial charge < -0.3 is 10.0 Å². The first-order valence-electron chi connectivity index (χ1n) is 5.88. The smallest absolute Gasteiger partial charge is 0.232 e. The van der Waals surface area contributed by atoms with E-state index >= 15 is 0 Å². The molecule has 1 aliphatic heterocycles. The molecule has 1 fully saturated rings. The Morgan fingerprint density at radius 1 is 1.25 bits per heavy atom.